The van der Waals surface area contributed by atoms with E-state index in [1.165, 1.54) is 0 Å². The number of ether oxygens (including phenoxy) is 1. The van der Waals surface area contributed by atoms with Crippen LogP contribution in [0.5, 0.6) is 5.75 Å². The maximum Gasteiger partial charge on any atom is 0.573 e. The fourth-order valence-electron chi connectivity index (χ4n) is 2.20. The van der Waals surface area contributed by atoms with Crippen molar-refractivity contribution in [1.29, 1.82) is 0 Å². The molecule has 0 unspecified atom stereocenters. The fourth-order valence-corrected chi connectivity index (χ4v) is 3.84. The van der Waals surface area contributed by atoms with E-state index in [0.29, 0.717) is 10.0 Å². The smallest absolute Gasteiger partial charge is 0.481 e. The zero-order valence-corrected chi connectivity index (χ0v) is 15.8. The molecule has 2 rings (SSSR count). The number of sulfonamides is 1. The SMILES string of the molecule is O=C(O)C[C@H](NS(=O)(=O)c1ccc(OC(F)(F)F)cc1)c1cccc(Br)c1. The number of rotatable bonds is 7. The lowest BCUT2D eigenvalue weighted by Crippen LogP contribution is -2.30. The van der Waals surface area contributed by atoms with Crippen molar-refractivity contribution >= 4 is 31.9 Å². The monoisotopic (exact) mass is 467 g/mol. The summed E-state index contributed by atoms with van der Waals surface area (Å²) in [7, 11) is -4.19. The number of alkyl halides is 3. The minimum Gasteiger partial charge on any atom is -0.481 e. The van der Waals surface area contributed by atoms with Crippen LogP contribution in [-0.4, -0.2) is 25.9 Å². The zero-order valence-electron chi connectivity index (χ0n) is 13.4. The molecule has 27 heavy (non-hydrogen) atoms. The molecule has 0 aliphatic carbocycles. The summed E-state index contributed by atoms with van der Waals surface area (Å²) in [5.41, 5.74) is 0.410. The lowest BCUT2D eigenvalue weighted by molar-refractivity contribution is -0.274. The van der Waals surface area contributed by atoms with Gasteiger partial charge in [0, 0.05) is 4.47 Å². The number of hydrogen-bond acceptors (Lipinski definition) is 4. The van der Waals surface area contributed by atoms with Gasteiger partial charge >= 0.3 is 12.3 Å². The Bertz CT molecular complexity index is 916. The summed E-state index contributed by atoms with van der Waals surface area (Å²) < 4.78 is 68.1. The van der Waals surface area contributed by atoms with Gasteiger partial charge in [0.2, 0.25) is 10.0 Å². The van der Waals surface area contributed by atoms with Crippen LogP contribution in [0.1, 0.15) is 18.0 Å². The molecule has 1 atom stereocenters. The molecule has 0 spiro atoms. The number of nitrogens with one attached hydrogen (secondary N) is 1. The highest BCUT2D eigenvalue weighted by molar-refractivity contribution is 9.10. The highest BCUT2D eigenvalue weighted by Crippen LogP contribution is 2.26. The van der Waals surface area contributed by atoms with Crippen molar-refractivity contribution in [2.75, 3.05) is 0 Å². The van der Waals surface area contributed by atoms with Crippen molar-refractivity contribution in [3.8, 4) is 5.75 Å². The van der Waals surface area contributed by atoms with E-state index >= 15 is 0 Å². The van der Waals surface area contributed by atoms with Crippen LogP contribution in [0.25, 0.3) is 0 Å². The first-order chi connectivity index (χ1) is 12.5. The quantitative estimate of drug-likeness (QED) is 0.645. The Kier molecular flexibility index (Phi) is 6.50. The number of carboxylic acid groups (broad SMARTS) is 1. The molecule has 11 heteroatoms. The van der Waals surface area contributed by atoms with Crippen molar-refractivity contribution in [3.63, 3.8) is 0 Å². The second kappa shape index (κ2) is 8.28. The van der Waals surface area contributed by atoms with E-state index in [9.17, 15) is 26.4 Å². The van der Waals surface area contributed by atoms with Gasteiger partial charge in [-0.1, -0.05) is 28.1 Å². The molecular formula is C16H13BrF3NO5S. The van der Waals surface area contributed by atoms with Gasteiger partial charge in [0.05, 0.1) is 17.4 Å². The van der Waals surface area contributed by atoms with Crippen LogP contribution in [0.2, 0.25) is 0 Å². The van der Waals surface area contributed by atoms with E-state index in [1.807, 2.05) is 0 Å². The maximum absolute atomic E-state index is 12.5. The summed E-state index contributed by atoms with van der Waals surface area (Å²) in [4.78, 5) is 10.8. The van der Waals surface area contributed by atoms with E-state index in [-0.39, 0.29) is 4.90 Å². The Morgan fingerprint density at radius 1 is 1.19 bits per heavy atom. The van der Waals surface area contributed by atoms with E-state index in [1.54, 1.807) is 24.3 Å². The molecule has 0 heterocycles. The number of hydrogen-bond donors (Lipinski definition) is 2. The van der Waals surface area contributed by atoms with Gasteiger partial charge in [-0.25, -0.2) is 13.1 Å². The summed E-state index contributed by atoms with van der Waals surface area (Å²) in [5.74, 6) is -1.80. The average Bonchev–Trinajstić information content (AvgIpc) is 2.52. The first kappa shape index (κ1) is 21.2. The Hall–Kier alpha value is -2.11. The minimum absolute atomic E-state index is 0.331. The van der Waals surface area contributed by atoms with Gasteiger partial charge in [0.15, 0.2) is 0 Å². The largest absolute Gasteiger partial charge is 0.573 e. The number of halogens is 4. The molecule has 6 nitrogen and oxygen atoms in total. The van der Waals surface area contributed by atoms with Gasteiger partial charge in [-0.3, -0.25) is 4.79 Å². The normalized spacial score (nSPS) is 13.2. The Labute approximate surface area is 161 Å². The van der Waals surface area contributed by atoms with Gasteiger partial charge in [0.25, 0.3) is 0 Å². The van der Waals surface area contributed by atoms with Crippen LogP contribution >= 0.6 is 15.9 Å². The van der Waals surface area contributed by atoms with Crippen LogP contribution < -0.4 is 9.46 Å². The molecule has 0 saturated carbocycles. The molecule has 0 aromatic heterocycles. The molecule has 0 aliphatic rings. The first-order valence-electron chi connectivity index (χ1n) is 7.32. The standard InChI is InChI=1S/C16H13BrF3NO5S/c17-11-3-1-2-10(8-11)14(9-15(22)23)21-27(24,25)13-6-4-12(5-7-13)26-16(18,19)20/h1-8,14,21H,9H2,(H,22,23)/t14-/m0/s1. The van der Waals surface area contributed by atoms with Crippen LogP contribution in [0.4, 0.5) is 13.2 Å². The molecule has 146 valence electrons. The molecule has 0 aliphatic heterocycles. The van der Waals surface area contributed by atoms with Crippen LogP contribution in [-0.2, 0) is 14.8 Å². The van der Waals surface area contributed by atoms with Crippen molar-refractivity contribution < 1.29 is 36.2 Å². The summed E-state index contributed by atoms with van der Waals surface area (Å²) in [6.07, 6.45) is -5.42. The van der Waals surface area contributed by atoms with Crippen molar-refractivity contribution in [2.24, 2.45) is 0 Å². The van der Waals surface area contributed by atoms with Crippen LogP contribution in [0.3, 0.4) is 0 Å². The Morgan fingerprint density at radius 3 is 2.33 bits per heavy atom. The molecule has 0 saturated heterocycles. The predicted molar refractivity (Wildman–Crippen MR) is 92.6 cm³/mol. The third-order valence-corrected chi connectivity index (χ3v) is 5.28. The molecule has 0 bridgehead atoms. The van der Waals surface area contributed by atoms with Crippen molar-refractivity contribution in [1.82, 2.24) is 4.72 Å². The molecule has 0 amide bonds. The van der Waals surface area contributed by atoms with Gasteiger partial charge in [-0.2, -0.15) is 0 Å². The highest BCUT2D eigenvalue weighted by Gasteiger charge is 2.31. The Morgan fingerprint density at radius 2 is 1.81 bits per heavy atom. The van der Waals surface area contributed by atoms with E-state index < -0.39 is 40.6 Å². The van der Waals surface area contributed by atoms with Gasteiger partial charge in [0.1, 0.15) is 5.75 Å². The van der Waals surface area contributed by atoms with Gasteiger partial charge in [-0.05, 0) is 42.0 Å². The zero-order chi connectivity index (χ0) is 20.2. The molecule has 2 aromatic rings. The van der Waals surface area contributed by atoms with Gasteiger partial charge in [-0.15, -0.1) is 13.2 Å². The number of carboxylic acids is 1. The summed E-state index contributed by atoms with van der Waals surface area (Å²) in [6.45, 7) is 0. The average molecular weight is 468 g/mol. The van der Waals surface area contributed by atoms with Crippen molar-refractivity contribution in [3.05, 3.63) is 58.6 Å². The number of carbonyl (C=O) groups is 1. The number of benzene rings is 2. The number of aliphatic carboxylic acids is 1. The van der Waals surface area contributed by atoms with E-state index in [4.69, 9.17) is 5.11 Å². The topological polar surface area (TPSA) is 92.7 Å². The molecule has 0 radical (unpaired) electrons. The predicted octanol–water partition coefficient (Wildman–Crippen LogP) is 3.84. The van der Waals surface area contributed by atoms with Crippen molar-refractivity contribution in [2.45, 2.75) is 23.7 Å². The first-order valence-corrected chi connectivity index (χ1v) is 9.59. The summed E-state index contributed by atoms with van der Waals surface area (Å²) >= 11 is 3.22. The summed E-state index contributed by atoms with van der Waals surface area (Å²) in [5, 5.41) is 9.06. The van der Waals surface area contributed by atoms with Crippen LogP contribution in [0, 0.1) is 0 Å². The molecular weight excluding hydrogens is 455 g/mol. The van der Waals surface area contributed by atoms with E-state index in [0.717, 1.165) is 24.3 Å². The lowest BCUT2D eigenvalue weighted by atomic mass is 10.1. The molecule has 2 N–H and O–H groups in total. The maximum atomic E-state index is 12.5. The van der Waals surface area contributed by atoms with E-state index in [2.05, 4.69) is 25.4 Å². The third kappa shape index (κ3) is 6.52. The minimum atomic E-state index is -4.90. The van der Waals surface area contributed by atoms with Gasteiger partial charge < -0.3 is 9.84 Å². The van der Waals surface area contributed by atoms with Crippen LogP contribution in [0.15, 0.2) is 57.9 Å². The second-order valence-corrected chi connectivity index (χ2v) is 7.98. The fraction of sp³-hybridized carbons (Fsp3) is 0.188. The third-order valence-electron chi connectivity index (χ3n) is 3.29. The highest BCUT2D eigenvalue weighted by atomic mass is 79.9. The Balaban J connectivity index is 2.26. The second-order valence-electron chi connectivity index (χ2n) is 5.35. The molecule has 0 fully saturated rings. The lowest BCUT2D eigenvalue weighted by Gasteiger charge is -2.18. The summed E-state index contributed by atoms with van der Waals surface area (Å²) in [6, 6.07) is 8.93. The molecule has 2 aromatic carbocycles.